The maximum atomic E-state index is 12.1. The normalized spacial score (nSPS) is 12.2. The van der Waals surface area contributed by atoms with Crippen molar-refractivity contribution in [3.8, 4) is 0 Å². The summed E-state index contributed by atoms with van der Waals surface area (Å²) in [5.74, 6) is -0.153. The number of nitrogens with two attached hydrogens (primary N) is 1. The fourth-order valence-corrected chi connectivity index (χ4v) is 2.79. The highest BCUT2D eigenvalue weighted by Crippen LogP contribution is 2.27. The van der Waals surface area contributed by atoms with E-state index >= 15 is 0 Å². The highest BCUT2D eigenvalue weighted by atomic mass is 32.2. The summed E-state index contributed by atoms with van der Waals surface area (Å²) in [7, 11) is -2.99. The second kappa shape index (κ2) is 7.04. The zero-order valence-corrected chi connectivity index (χ0v) is 12.8. The molecular formula is C11H22N2O3S2. The molecule has 1 amide bonds. The minimum atomic E-state index is -2.99. The first-order valence-corrected chi connectivity index (χ1v) is 8.42. The number of carbonyl (C=O) groups excluding carboxylic acids is 1. The summed E-state index contributed by atoms with van der Waals surface area (Å²) in [4.78, 5) is 12.3. The molecule has 0 saturated heterocycles. The van der Waals surface area contributed by atoms with Crippen LogP contribution in [0.25, 0.3) is 0 Å². The van der Waals surface area contributed by atoms with Crippen molar-refractivity contribution in [3.05, 3.63) is 0 Å². The number of sulfone groups is 1. The van der Waals surface area contributed by atoms with E-state index in [1.54, 1.807) is 0 Å². The van der Waals surface area contributed by atoms with Crippen molar-refractivity contribution in [1.29, 1.82) is 0 Å². The molecule has 0 bridgehead atoms. The quantitative estimate of drug-likeness (QED) is 0.506. The molecule has 0 aromatic carbocycles. The summed E-state index contributed by atoms with van der Waals surface area (Å²) < 4.78 is 21.9. The van der Waals surface area contributed by atoms with Gasteiger partial charge in [0.15, 0.2) is 0 Å². The van der Waals surface area contributed by atoms with Gasteiger partial charge in [-0.25, -0.2) is 8.42 Å². The highest BCUT2D eigenvalue weighted by molar-refractivity contribution is 7.90. The lowest BCUT2D eigenvalue weighted by molar-refractivity contribution is -0.127. The van der Waals surface area contributed by atoms with Gasteiger partial charge < -0.3 is 11.1 Å². The average molecular weight is 294 g/mol. The summed E-state index contributed by atoms with van der Waals surface area (Å²) in [6.45, 7) is 4.04. The van der Waals surface area contributed by atoms with E-state index in [0.717, 1.165) is 0 Å². The van der Waals surface area contributed by atoms with Crippen molar-refractivity contribution in [2.75, 3.05) is 18.6 Å². The van der Waals surface area contributed by atoms with Gasteiger partial charge in [0.25, 0.3) is 0 Å². The molecule has 3 N–H and O–H groups in total. The molecule has 0 saturated carbocycles. The summed E-state index contributed by atoms with van der Waals surface area (Å²) in [5, 5.41) is 2.71. The number of nitrogens with one attached hydrogen (secondary N) is 1. The fraction of sp³-hybridized carbons (Fsp3) is 0.818. The van der Waals surface area contributed by atoms with Crippen LogP contribution in [0.2, 0.25) is 0 Å². The van der Waals surface area contributed by atoms with Gasteiger partial charge in [-0.1, -0.05) is 26.1 Å². The molecule has 7 heteroatoms. The Morgan fingerprint density at radius 3 is 2.17 bits per heavy atom. The van der Waals surface area contributed by atoms with Crippen molar-refractivity contribution < 1.29 is 13.2 Å². The van der Waals surface area contributed by atoms with E-state index < -0.39 is 15.3 Å². The molecule has 0 atom stereocenters. The second-order valence-electron chi connectivity index (χ2n) is 4.39. The van der Waals surface area contributed by atoms with Crippen molar-refractivity contribution >= 4 is 33.0 Å². The van der Waals surface area contributed by atoms with E-state index in [1.165, 1.54) is 6.26 Å². The average Bonchev–Trinajstić information content (AvgIpc) is 2.25. The van der Waals surface area contributed by atoms with Crippen molar-refractivity contribution in [1.82, 2.24) is 5.32 Å². The zero-order chi connectivity index (χ0) is 14.4. The third-order valence-electron chi connectivity index (χ3n) is 3.09. The van der Waals surface area contributed by atoms with Crippen molar-refractivity contribution in [2.24, 2.45) is 11.1 Å². The minimum absolute atomic E-state index is 0.0611. The minimum Gasteiger partial charge on any atom is -0.392 e. The molecule has 0 aliphatic rings. The lowest BCUT2D eigenvalue weighted by Crippen LogP contribution is -2.48. The van der Waals surface area contributed by atoms with Gasteiger partial charge in [0.2, 0.25) is 5.91 Å². The number of amides is 1. The van der Waals surface area contributed by atoms with Gasteiger partial charge in [-0.2, -0.15) is 0 Å². The van der Waals surface area contributed by atoms with E-state index in [0.29, 0.717) is 25.8 Å². The summed E-state index contributed by atoms with van der Waals surface area (Å²) in [6, 6.07) is 0. The molecule has 18 heavy (non-hydrogen) atoms. The van der Waals surface area contributed by atoms with Gasteiger partial charge in [-0.15, -0.1) is 0 Å². The van der Waals surface area contributed by atoms with Crippen LogP contribution in [0.1, 0.15) is 33.1 Å². The third-order valence-corrected chi connectivity index (χ3v) is 4.51. The maximum absolute atomic E-state index is 12.1. The van der Waals surface area contributed by atoms with Gasteiger partial charge >= 0.3 is 0 Å². The standard InChI is InChI=1S/C11H22N2O3S2/c1-4-11(5-2,9(12)17)10(14)13-7-6-8-18(3,15)16/h4-8H2,1-3H3,(H2,12,17)(H,13,14). The Bertz CT molecular complexity index is 401. The SMILES string of the molecule is CCC(CC)(C(=O)NCCCS(C)(=O)=O)C(N)=S. The second-order valence-corrected chi connectivity index (χ2v) is 7.09. The Morgan fingerprint density at radius 2 is 1.83 bits per heavy atom. The first-order valence-electron chi connectivity index (χ1n) is 5.95. The van der Waals surface area contributed by atoms with Crippen molar-refractivity contribution in [3.63, 3.8) is 0 Å². The van der Waals surface area contributed by atoms with Crippen LogP contribution in [-0.2, 0) is 14.6 Å². The number of thiocarbonyl (C=S) groups is 1. The van der Waals surface area contributed by atoms with Crippen LogP contribution in [0, 0.1) is 5.41 Å². The van der Waals surface area contributed by atoms with Crippen LogP contribution in [0.3, 0.4) is 0 Å². The van der Waals surface area contributed by atoms with E-state index in [1.807, 2.05) is 13.8 Å². The lowest BCUT2D eigenvalue weighted by atomic mass is 9.81. The van der Waals surface area contributed by atoms with Crippen molar-refractivity contribution in [2.45, 2.75) is 33.1 Å². The smallest absolute Gasteiger partial charge is 0.233 e. The molecule has 106 valence electrons. The molecule has 0 spiro atoms. The summed E-state index contributed by atoms with van der Waals surface area (Å²) in [6.07, 6.45) is 2.64. The number of hydrogen-bond acceptors (Lipinski definition) is 4. The Morgan fingerprint density at radius 1 is 1.33 bits per heavy atom. The topological polar surface area (TPSA) is 89.3 Å². The van der Waals surface area contributed by atoms with Crippen LogP contribution in [0.5, 0.6) is 0 Å². The fourth-order valence-electron chi connectivity index (χ4n) is 1.74. The van der Waals surface area contributed by atoms with E-state index in [4.69, 9.17) is 18.0 Å². The first kappa shape index (κ1) is 17.3. The monoisotopic (exact) mass is 294 g/mol. The number of carbonyl (C=O) groups is 1. The largest absolute Gasteiger partial charge is 0.392 e. The maximum Gasteiger partial charge on any atom is 0.233 e. The van der Waals surface area contributed by atoms with Gasteiger partial charge in [-0.3, -0.25) is 4.79 Å². The first-order chi connectivity index (χ1) is 8.19. The summed E-state index contributed by atoms with van der Waals surface area (Å²) >= 11 is 4.96. The summed E-state index contributed by atoms with van der Waals surface area (Å²) in [5.41, 5.74) is 4.82. The van der Waals surface area contributed by atoms with E-state index in [2.05, 4.69) is 5.32 Å². The van der Waals surface area contributed by atoms with Gasteiger partial charge in [0.1, 0.15) is 9.84 Å². The predicted octanol–water partition coefficient (Wildman–Crippen LogP) is 0.630. The van der Waals surface area contributed by atoms with Crippen LogP contribution < -0.4 is 11.1 Å². The third kappa shape index (κ3) is 4.89. The molecule has 5 nitrogen and oxygen atoms in total. The Hall–Kier alpha value is -0.690. The van der Waals surface area contributed by atoms with Crippen LogP contribution >= 0.6 is 12.2 Å². The van der Waals surface area contributed by atoms with Crippen LogP contribution in [-0.4, -0.2) is 37.9 Å². The molecular weight excluding hydrogens is 272 g/mol. The molecule has 0 heterocycles. The van der Waals surface area contributed by atoms with E-state index in [9.17, 15) is 13.2 Å². The molecule has 0 aromatic heterocycles. The predicted molar refractivity (Wildman–Crippen MR) is 77.1 cm³/mol. The zero-order valence-electron chi connectivity index (χ0n) is 11.2. The highest BCUT2D eigenvalue weighted by Gasteiger charge is 2.37. The lowest BCUT2D eigenvalue weighted by Gasteiger charge is -2.28. The Balaban J connectivity index is 4.42. The van der Waals surface area contributed by atoms with Gasteiger partial charge in [-0.05, 0) is 19.3 Å². The molecule has 0 radical (unpaired) electrons. The molecule has 0 aliphatic heterocycles. The van der Waals surface area contributed by atoms with Crippen LogP contribution in [0.15, 0.2) is 0 Å². The molecule has 0 rings (SSSR count). The van der Waals surface area contributed by atoms with Gasteiger partial charge in [0.05, 0.1) is 16.2 Å². The Labute approximate surface area is 114 Å². The van der Waals surface area contributed by atoms with E-state index in [-0.39, 0.29) is 16.6 Å². The molecule has 0 unspecified atom stereocenters. The number of hydrogen-bond donors (Lipinski definition) is 2. The van der Waals surface area contributed by atoms with Crippen LogP contribution in [0.4, 0.5) is 0 Å². The Kier molecular flexibility index (Phi) is 6.77. The molecule has 0 fully saturated rings. The number of rotatable bonds is 8. The molecule has 0 aromatic rings. The van der Waals surface area contributed by atoms with Gasteiger partial charge in [0, 0.05) is 12.8 Å². The molecule has 0 aliphatic carbocycles.